The van der Waals surface area contributed by atoms with Crippen LogP contribution < -0.4 is 0 Å². The van der Waals surface area contributed by atoms with Crippen molar-refractivity contribution in [1.82, 2.24) is 0 Å². The first kappa shape index (κ1) is 10.9. The predicted molar refractivity (Wildman–Crippen MR) is 38.3 cm³/mol. The number of aliphatic hydroxyl groups excluding tert-OH is 2. The number of hydrogen-bond acceptors (Lipinski definition) is 2. The van der Waals surface area contributed by atoms with Crippen molar-refractivity contribution in [2.24, 2.45) is 0 Å². The van der Waals surface area contributed by atoms with Gasteiger partial charge in [0.15, 0.2) is 0 Å². The van der Waals surface area contributed by atoms with E-state index in [2.05, 4.69) is 0 Å². The molecule has 0 aromatic heterocycles. The predicted octanol–water partition coefficient (Wildman–Crippen LogP) is 0.669. The van der Waals surface area contributed by atoms with Crippen LogP contribution >= 0.6 is 0 Å². The minimum absolute atomic E-state index is 0. The summed E-state index contributed by atoms with van der Waals surface area (Å²) in [4.78, 5) is 0. The fourth-order valence-electron chi connectivity index (χ4n) is 0.750. The van der Waals surface area contributed by atoms with Crippen molar-refractivity contribution in [2.75, 3.05) is 0 Å². The minimum Gasteiger partial charge on any atom is -0.392 e. The van der Waals surface area contributed by atoms with Gasteiger partial charge < -0.3 is 10.2 Å². The second-order valence-electron chi connectivity index (χ2n) is 2.13. The Morgan fingerprint density at radius 2 is 1.09 bits per heavy atom. The Labute approximate surface area is 80.8 Å². The topological polar surface area (TPSA) is 40.5 Å². The molecule has 0 atom stereocenters. The van der Waals surface area contributed by atoms with Gasteiger partial charge in [0.1, 0.15) is 0 Å². The maximum Gasteiger partial charge on any atom is 0.0681 e. The average Bonchev–Trinajstić information content (AvgIpc) is 2.05. The second-order valence-corrected chi connectivity index (χ2v) is 2.13. The standard InChI is InChI=1S/C8H10O2.Ti/c9-5-7-1-2-8(6-10)4-3-7;/h1-4,9-10H,5-6H2;. The van der Waals surface area contributed by atoms with Gasteiger partial charge in [0.05, 0.1) is 13.2 Å². The fourth-order valence-corrected chi connectivity index (χ4v) is 0.750. The average molecular weight is 186 g/mol. The summed E-state index contributed by atoms with van der Waals surface area (Å²) in [5.74, 6) is 0. The summed E-state index contributed by atoms with van der Waals surface area (Å²) >= 11 is 0. The molecule has 2 N–H and O–H groups in total. The molecule has 0 unspecified atom stereocenters. The van der Waals surface area contributed by atoms with Crippen molar-refractivity contribution in [3.63, 3.8) is 0 Å². The summed E-state index contributed by atoms with van der Waals surface area (Å²) in [6, 6.07) is 7.19. The van der Waals surface area contributed by atoms with Crippen molar-refractivity contribution in [3.05, 3.63) is 35.4 Å². The van der Waals surface area contributed by atoms with E-state index in [0.717, 1.165) is 11.1 Å². The van der Waals surface area contributed by atoms with E-state index in [4.69, 9.17) is 10.2 Å². The summed E-state index contributed by atoms with van der Waals surface area (Å²) in [6.45, 7) is 0.122. The first-order chi connectivity index (χ1) is 4.86. The fraction of sp³-hybridized carbons (Fsp3) is 0.250. The molecule has 0 aliphatic carbocycles. The summed E-state index contributed by atoms with van der Waals surface area (Å²) in [6.07, 6.45) is 0. The van der Waals surface area contributed by atoms with Gasteiger partial charge in [-0.05, 0) is 11.1 Å². The van der Waals surface area contributed by atoms with Gasteiger partial charge in [0.2, 0.25) is 0 Å². The van der Waals surface area contributed by atoms with Crippen molar-refractivity contribution in [3.8, 4) is 0 Å². The third kappa shape index (κ3) is 3.17. The van der Waals surface area contributed by atoms with Crippen LogP contribution in [0.5, 0.6) is 0 Å². The van der Waals surface area contributed by atoms with Crippen LogP contribution in [0.4, 0.5) is 0 Å². The molecule has 11 heavy (non-hydrogen) atoms. The van der Waals surface area contributed by atoms with Crippen LogP contribution in [-0.2, 0) is 34.9 Å². The van der Waals surface area contributed by atoms with Crippen molar-refractivity contribution < 1.29 is 31.9 Å². The van der Waals surface area contributed by atoms with Crippen LogP contribution in [0.15, 0.2) is 24.3 Å². The summed E-state index contributed by atoms with van der Waals surface area (Å²) in [7, 11) is 0. The van der Waals surface area contributed by atoms with Crippen LogP contribution in [0.3, 0.4) is 0 Å². The monoisotopic (exact) mass is 186 g/mol. The quantitative estimate of drug-likeness (QED) is 0.666. The van der Waals surface area contributed by atoms with E-state index < -0.39 is 0 Å². The smallest absolute Gasteiger partial charge is 0.0681 e. The van der Waals surface area contributed by atoms with Gasteiger partial charge in [-0.25, -0.2) is 0 Å². The van der Waals surface area contributed by atoms with E-state index in [9.17, 15) is 0 Å². The molecule has 0 bridgehead atoms. The maximum absolute atomic E-state index is 8.64. The van der Waals surface area contributed by atoms with Gasteiger partial charge in [-0.1, -0.05) is 24.3 Å². The van der Waals surface area contributed by atoms with E-state index in [0.29, 0.717) is 0 Å². The molecule has 1 aromatic carbocycles. The minimum atomic E-state index is 0. The molecular weight excluding hydrogens is 176 g/mol. The Balaban J connectivity index is 0.000001000. The maximum atomic E-state index is 8.64. The van der Waals surface area contributed by atoms with E-state index >= 15 is 0 Å². The zero-order valence-electron chi connectivity index (χ0n) is 6.12. The molecular formula is C8H10O2Ti. The molecule has 0 heterocycles. The first-order valence-electron chi connectivity index (χ1n) is 3.16. The molecule has 0 fully saturated rings. The van der Waals surface area contributed by atoms with Gasteiger partial charge in [0.25, 0.3) is 0 Å². The third-order valence-corrected chi connectivity index (χ3v) is 1.39. The third-order valence-electron chi connectivity index (χ3n) is 1.39. The molecule has 0 amide bonds. The second kappa shape index (κ2) is 5.50. The Bertz CT molecular complexity index is 173. The van der Waals surface area contributed by atoms with Crippen molar-refractivity contribution in [2.45, 2.75) is 13.2 Å². The molecule has 0 saturated carbocycles. The Kier molecular flexibility index (Phi) is 5.42. The molecule has 1 rings (SSSR count). The largest absolute Gasteiger partial charge is 0.392 e. The van der Waals surface area contributed by atoms with Crippen molar-refractivity contribution >= 4 is 0 Å². The van der Waals surface area contributed by atoms with E-state index in [1.165, 1.54) is 0 Å². The SMILES string of the molecule is OCc1ccc(CO)cc1.[Ti]. The van der Waals surface area contributed by atoms with E-state index in [-0.39, 0.29) is 34.9 Å². The molecule has 3 heteroatoms. The Morgan fingerprint density at radius 1 is 0.818 bits per heavy atom. The van der Waals surface area contributed by atoms with E-state index in [1.54, 1.807) is 24.3 Å². The van der Waals surface area contributed by atoms with Crippen LogP contribution in [0.25, 0.3) is 0 Å². The molecule has 2 nitrogen and oxygen atoms in total. The Morgan fingerprint density at radius 3 is 1.27 bits per heavy atom. The number of benzene rings is 1. The number of hydrogen-bond donors (Lipinski definition) is 2. The van der Waals surface area contributed by atoms with Gasteiger partial charge in [-0.3, -0.25) is 0 Å². The molecule has 1 aromatic rings. The molecule has 0 aliphatic heterocycles. The summed E-state index contributed by atoms with van der Waals surface area (Å²) < 4.78 is 0. The first-order valence-corrected chi connectivity index (χ1v) is 3.16. The zero-order chi connectivity index (χ0) is 7.40. The van der Waals surface area contributed by atoms with Gasteiger partial charge >= 0.3 is 0 Å². The van der Waals surface area contributed by atoms with Gasteiger partial charge in [-0.15, -0.1) is 0 Å². The summed E-state index contributed by atoms with van der Waals surface area (Å²) in [5, 5.41) is 17.3. The van der Waals surface area contributed by atoms with E-state index in [1.807, 2.05) is 0 Å². The Hall–Kier alpha value is -0.146. The summed E-state index contributed by atoms with van der Waals surface area (Å²) in [5.41, 5.74) is 1.74. The number of rotatable bonds is 2. The zero-order valence-corrected chi connectivity index (χ0v) is 7.68. The molecule has 58 valence electrons. The number of aliphatic hydroxyl groups is 2. The van der Waals surface area contributed by atoms with Crippen LogP contribution in [-0.4, -0.2) is 10.2 Å². The van der Waals surface area contributed by atoms with Gasteiger partial charge in [-0.2, -0.15) is 0 Å². The molecule has 0 spiro atoms. The van der Waals surface area contributed by atoms with Crippen LogP contribution in [0.2, 0.25) is 0 Å². The van der Waals surface area contributed by atoms with Gasteiger partial charge in [0, 0.05) is 21.7 Å². The normalized spacial score (nSPS) is 8.91. The van der Waals surface area contributed by atoms with Crippen molar-refractivity contribution in [1.29, 1.82) is 0 Å². The molecule has 0 aliphatic rings. The molecule has 0 saturated heterocycles. The molecule has 0 radical (unpaired) electrons. The van der Waals surface area contributed by atoms with Crippen LogP contribution in [0.1, 0.15) is 11.1 Å². The van der Waals surface area contributed by atoms with Crippen LogP contribution in [0, 0.1) is 0 Å².